The maximum Gasteiger partial charge on any atom is 0.335 e. The van der Waals surface area contributed by atoms with Crippen molar-refractivity contribution in [3.05, 3.63) is 29.8 Å². The number of hydrogen-bond acceptors (Lipinski definition) is 5. The van der Waals surface area contributed by atoms with E-state index in [2.05, 4.69) is 9.98 Å². The molecule has 1 aromatic rings. The van der Waals surface area contributed by atoms with Crippen molar-refractivity contribution in [3.63, 3.8) is 0 Å². The number of ether oxygens (including phenoxy) is 2. The van der Waals surface area contributed by atoms with E-state index in [0.717, 1.165) is 0 Å². The number of rotatable bonds is 3. The quantitative estimate of drug-likeness (QED) is 0.587. The first-order chi connectivity index (χ1) is 8.22. The van der Waals surface area contributed by atoms with E-state index in [9.17, 15) is 9.18 Å². The summed E-state index contributed by atoms with van der Waals surface area (Å²) >= 11 is 0. The number of pyridine rings is 1. The molecule has 90 valence electrons. The summed E-state index contributed by atoms with van der Waals surface area (Å²) in [4.78, 5) is 19.0. The average molecular weight is 238 g/mol. The molecule has 0 saturated carbocycles. The van der Waals surface area contributed by atoms with Gasteiger partial charge < -0.3 is 9.47 Å². The molecule has 1 aromatic heterocycles. The first-order valence-corrected chi connectivity index (χ1v) is 5.17. The van der Waals surface area contributed by atoms with Crippen LogP contribution in [-0.4, -0.2) is 30.0 Å². The van der Waals surface area contributed by atoms with Gasteiger partial charge in [0, 0.05) is 11.8 Å². The normalized spacial score (nSPS) is 22.2. The van der Waals surface area contributed by atoms with Crippen LogP contribution in [0.3, 0.4) is 0 Å². The maximum atomic E-state index is 12.7. The second kappa shape index (κ2) is 4.90. The van der Waals surface area contributed by atoms with E-state index >= 15 is 0 Å². The summed E-state index contributed by atoms with van der Waals surface area (Å²) < 4.78 is 22.8. The third kappa shape index (κ3) is 2.41. The minimum atomic E-state index is -0.748. The van der Waals surface area contributed by atoms with Crippen molar-refractivity contribution in [2.75, 3.05) is 6.61 Å². The maximum absolute atomic E-state index is 12.7. The monoisotopic (exact) mass is 238 g/mol. The number of esters is 1. The summed E-state index contributed by atoms with van der Waals surface area (Å²) in [6.45, 7) is 1.99. The zero-order chi connectivity index (χ0) is 12.3. The van der Waals surface area contributed by atoms with Crippen molar-refractivity contribution in [3.8, 4) is 0 Å². The van der Waals surface area contributed by atoms with Gasteiger partial charge in [-0.2, -0.15) is 4.39 Å². The zero-order valence-electron chi connectivity index (χ0n) is 9.17. The fourth-order valence-electron chi connectivity index (χ4n) is 1.55. The van der Waals surface area contributed by atoms with E-state index in [-0.39, 0.29) is 6.61 Å². The van der Waals surface area contributed by atoms with E-state index in [1.807, 2.05) is 0 Å². The number of aromatic nitrogens is 1. The SMILES string of the molecule is CCOC(=O)[C@@H]1N=CO[C@H]1c1ccc(F)nc1. The first kappa shape index (κ1) is 11.5. The highest BCUT2D eigenvalue weighted by molar-refractivity contribution is 5.80. The minimum Gasteiger partial charge on any atom is -0.473 e. The van der Waals surface area contributed by atoms with Gasteiger partial charge in [0.25, 0.3) is 0 Å². The number of carbonyl (C=O) groups is 1. The van der Waals surface area contributed by atoms with Gasteiger partial charge >= 0.3 is 5.97 Å². The Balaban J connectivity index is 2.15. The molecule has 5 nitrogen and oxygen atoms in total. The average Bonchev–Trinajstić information content (AvgIpc) is 2.79. The van der Waals surface area contributed by atoms with Crippen LogP contribution in [0.5, 0.6) is 0 Å². The Kier molecular flexibility index (Phi) is 3.32. The Morgan fingerprint density at radius 2 is 2.41 bits per heavy atom. The highest BCUT2D eigenvalue weighted by atomic mass is 19.1. The molecule has 0 N–H and O–H groups in total. The van der Waals surface area contributed by atoms with Crippen LogP contribution in [0.1, 0.15) is 18.6 Å². The summed E-state index contributed by atoms with van der Waals surface area (Å²) in [5.74, 6) is -1.05. The topological polar surface area (TPSA) is 60.8 Å². The first-order valence-electron chi connectivity index (χ1n) is 5.17. The fourth-order valence-corrected chi connectivity index (χ4v) is 1.55. The lowest BCUT2D eigenvalue weighted by Crippen LogP contribution is -2.26. The Hall–Kier alpha value is -1.98. The molecule has 17 heavy (non-hydrogen) atoms. The van der Waals surface area contributed by atoms with Crippen molar-refractivity contribution in [2.24, 2.45) is 4.99 Å². The molecule has 2 atom stereocenters. The molecule has 2 rings (SSSR count). The smallest absolute Gasteiger partial charge is 0.335 e. The number of halogens is 1. The van der Waals surface area contributed by atoms with E-state index in [1.54, 1.807) is 6.92 Å². The molecule has 2 heterocycles. The van der Waals surface area contributed by atoms with Gasteiger partial charge in [0.05, 0.1) is 6.61 Å². The van der Waals surface area contributed by atoms with Crippen molar-refractivity contribution < 1.29 is 18.7 Å². The molecule has 0 saturated heterocycles. The lowest BCUT2D eigenvalue weighted by Gasteiger charge is -2.15. The van der Waals surface area contributed by atoms with E-state index in [0.29, 0.717) is 5.56 Å². The van der Waals surface area contributed by atoms with Gasteiger partial charge in [-0.05, 0) is 19.1 Å². The Morgan fingerprint density at radius 1 is 1.59 bits per heavy atom. The van der Waals surface area contributed by atoms with Crippen LogP contribution in [0, 0.1) is 5.95 Å². The lowest BCUT2D eigenvalue weighted by atomic mass is 10.1. The largest absolute Gasteiger partial charge is 0.473 e. The molecule has 0 spiro atoms. The third-order valence-electron chi connectivity index (χ3n) is 2.32. The predicted molar refractivity (Wildman–Crippen MR) is 56.9 cm³/mol. The standard InChI is InChI=1S/C11H11FN2O3/c1-2-16-11(15)9-10(17-6-14-9)7-3-4-8(12)13-5-7/h3-6,9-10H,2H2,1H3/t9-,10+/m1/s1. The molecule has 1 aliphatic heterocycles. The molecule has 0 unspecified atom stereocenters. The lowest BCUT2D eigenvalue weighted by molar-refractivity contribution is -0.146. The van der Waals surface area contributed by atoms with Crippen LogP contribution in [0.2, 0.25) is 0 Å². The highest BCUT2D eigenvalue weighted by Crippen LogP contribution is 2.27. The highest BCUT2D eigenvalue weighted by Gasteiger charge is 2.35. The van der Waals surface area contributed by atoms with E-state index in [4.69, 9.17) is 9.47 Å². The molecule has 0 amide bonds. The summed E-state index contributed by atoms with van der Waals surface area (Å²) in [6, 6.07) is 1.97. The van der Waals surface area contributed by atoms with Gasteiger partial charge in [-0.3, -0.25) is 0 Å². The minimum absolute atomic E-state index is 0.277. The van der Waals surface area contributed by atoms with Crippen molar-refractivity contribution in [1.82, 2.24) is 4.98 Å². The third-order valence-corrected chi connectivity index (χ3v) is 2.32. The van der Waals surface area contributed by atoms with Crippen molar-refractivity contribution >= 4 is 12.4 Å². The van der Waals surface area contributed by atoms with Gasteiger partial charge in [-0.25, -0.2) is 14.8 Å². The molecule has 0 bridgehead atoms. The van der Waals surface area contributed by atoms with Gasteiger partial charge in [0.1, 0.15) is 0 Å². The molecule has 6 heteroatoms. The predicted octanol–water partition coefficient (Wildman–Crippen LogP) is 1.25. The summed E-state index contributed by atoms with van der Waals surface area (Å²) in [5, 5.41) is 0. The van der Waals surface area contributed by atoms with Crippen LogP contribution >= 0.6 is 0 Å². The van der Waals surface area contributed by atoms with Crippen LogP contribution in [0.15, 0.2) is 23.3 Å². The Bertz CT molecular complexity index is 433. The summed E-state index contributed by atoms with van der Waals surface area (Å²) in [7, 11) is 0. The number of hydrogen-bond donors (Lipinski definition) is 0. The molecule has 0 radical (unpaired) electrons. The molecular weight excluding hydrogens is 227 g/mol. The molecule has 0 fully saturated rings. The number of nitrogens with zero attached hydrogens (tertiary/aromatic N) is 2. The Labute approximate surface area is 97.3 Å². The van der Waals surface area contributed by atoms with Gasteiger partial charge in [0.2, 0.25) is 5.95 Å². The van der Waals surface area contributed by atoms with Crippen LogP contribution < -0.4 is 0 Å². The second-order valence-corrected chi connectivity index (χ2v) is 3.42. The van der Waals surface area contributed by atoms with Crippen LogP contribution in [-0.2, 0) is 14.3 Å². The van der Waals surface area contributed by atoms with Gasteiger partial charge in [-0.15, -0.1) is 0 Å². The van der Waals surface area contributed by atoms with Gasteiger partial charge in [0.15, 0.2) is 18.5 Å². The molecule has 1 aliphatic rings. The number of carbonyl (C=O) groups excluding carboxylic acids is 1. The summed E-state index contributed by atoms with van der Waals surface area (Å²) in [6.07, 6.45) is 1.93. The van der Waals surface area contributed by atoms with Gasteiger partial charge in [-0.1, -0.05) is 0 Å². The van der Waals surface area contributed by atoms with Crippen molar-refractivity contribution in [1.29, 1.82) is 0 Å². The number of aliphatic imine (C=N–C) groups is 1. The second-order valence-electron chi connectivity index (χ2n) is 3.42. The zero-order valence-corrected chi connectivity index (χ0v) is 9.17. The van der Waals surface area contributed by atoms with Crippen LogP contribution in [0.25, 0.3) is 0 Å². The fraction of sp³-hybridized carbons (Fsp3) is 0.364. The molecule has 0 aromatic carbocycles. The Morgan fingerprint density at radius 3 is 3.06 bits per heavy atom. The van der Waals surface area contributed by atoms with Crippen LogP contribution in [0.4, 0.5) is 4.39 Å². The van der Waals surface area contributed by atoms with Crippen molar-refractivity contribution in [2.45, 2.75) is 19.1 Å². The molecular formula is C11H11FN2O3. The van der Waals surface area contributed by atoms with E-state index in [1.165, 1.54) is 24.7 Å². The van der Waals surface area contributed by atoms with E-state index < -0.39 is 24.1 Å². The summed E-state index contributed by atoms with van der Waals surface area (Å²) in [5.41, 5.74) is 0.585. The molecule has 0 aliphatic carbocycles.